The topological polar surface area (TPSA) is 66.0 Å². The summed E-state index contributed by atoms with van der Waals surface area (Å²) >= 11 is 5.92. The fourth-order valence-corrected chi connectivity index (χ4v) is 1.64. The van der Waals surface area contributed by atoms with E-state index in [1.807, 2.05) is 20.0 Å². The van der Waals surface area contributed by atoms with Gasteiger partial charge < -0.3 is 10.5 Å². The SMILES string of the molecule is Cc1cc(Oc2cc(CN)c(Cl)cn2)n(C)n1. The summed E-state index contributed by atoms with van der Waals surface area (Å²) in [5.74, 6) is 1.08. The molecule has 0 atom stereocenters. The number of aryl methyl sites for hydroxylation is 2. The van der Waals surface area contributed by atoms with Crippen molar-refractivity contribution in [3.05, 3.63) is 34.6 Å². The van der Waals surface area contributed by atoms with Gasteiger partial charge in [-0.2, -0.15) is 5.10 Å². The average molecular weight is 253 g/mol. The standard InChI is InChI=1S/C11H13ClN4O/c1-7-3-11(16(2)15-7)17-10-4-8(5-13)9(12)6-14-10/h3-4,6H,5,13H2,1-2H3. The third-order valence-electron chi connectivity index (χ3n) is 2.30. The Labute approximate surface area is 104 Å². The Morgan fingerprint density at radius 3 is 2.82 bits per heavy atom. The molecule has 17 heavy (non-hydrogen) atoms. The van der Waals surface area contributed by atoms with Crippen molar-refractivity contribution >= 4 is 11.6 Å². The third-order valence-corrected chi connectivity index (χ3v) is 2.64. The molecule has 0 unspecified atom stereocenters. The van der Waals surface area contributed by atoms with Crippen LogP contribution in [0.4, 0.5) is 0 Å². The molecule has 5 nitrogen and oxygen atoms in total. The zero-order valence-corrected chi connectivity index (χ0v) is 10.4. The first-order valence-electron chi connectivity index (χ1n) is 5.13. The van der Waals surface area contributed by atoms with Gasteiger partial charge in [-0.25, -0.2) is 9.67 Å². The summed E-state index contributed by atoms with van der Waals surface area (Å²) in [6.07, 6.45) is 1.53. The van der Waals surface area contributed by atoms with Crippen molar-refractivity contribution in [1.82, 2.24) is 14.8 Å². The Bertz CT molecular complexity index is 538. The smallest absolute Gasteiger partial charge is 0.221 e. The van der Waals surface area contributed by atoms with Crippen LogP contribution in [0.2, 0.25) is 5.02 Å². The maximum absolute atomic E-state index is 5.92. The number of nitrogens with zero attached hydrogens (tertiary/aromatic N) is 3. The average Bonchev–Trinajstić information content (AvgIpc) is 2.60. The second-order valence-electron chi connectivity index (χ2n) is 3.67. The van der Waals surface area contributed by atoms with E-state index in [1.54, 1.807) is 10.7 Å². The molecule has 2 aromatic rings. The molecule has 0 saturated heterocycles. The van der Waals surface area contributed by atoms with Gasteiger partial charge in [0, 0.05) is 31.9 Å². The van der Waals surface area contributed by atoms with Crippen LogP contribution in [0.3, 0.4) is 0 Å². The second kappa shape index (κ2) is 4.73. The first kappa shape index (κ1) is 11.9. The van der Waals surface area contributed by atoms with Crippen molar-refractivity contribution in [3.8, 4) is 11.8 Å². The summed E-state index contributed by atoms with van der Waals surface area (Å²) in [4.78, 5) is 4.08. The molecule has 0 spiro atoms. The minimum Gasteiger partial charge on any atom is -0.421 e. The monoisotopic (exact) mass is 252 g/mol. The number of aromatic nitrogens is 3. The fraction of sp³-hybridized carbons (Fsp3) is 0.273. The largest absolute Gasteiger partial charge is 0.421 e. The number of ether oxygens (including phenoxy) is 1. The van der Waals surface area contributed by atoms with Crippen LogP contribution >= 0.6 is 11.6 Å². The molecule has 90 valence electrons. The maximum Gasteiger partial charge on any atom is 0.221 e. The van der Waals surface area contributed by atoms with E-state index in [9.17, 15) is 0 Å². The zero-order valence-electron chi connectivity index (χ0n) is 9.64. The Hall–Kier alpha value is -1.59. The van der Waals surface area contributed by atoms with Crippen LogP contribution in [0, 0.1) is 6.92 Å². The highest BCUT2D eigenvalue weighted by Gasteiger charge is 2.07. The molecule has 0 amide bonds. The van der Waals surface area contributed by atoms with Gasteiger partial charge in [0.2, 0.25) is 11.8 Å². The lowest BCUT2D eigenvalue weighted by Gasteiger charge is -2.06. The quantitative estimate of drug-likeness (QED) is 0.908. The van der Waals surface area contributed by atoms with Gasteiger partial charge in [-0.1, -0.05) is 11.6 Å². The third kappa shape index (κ3) is 2.57. The van der Waals surface area contributed by atoms with E-state index in [0.29, 0.717) is 23.3 Å². The Balaban J connectivity index is 2.27. The zero-order chi connectivity index (χ0) is 12.4. The summed E-state index contributed by atoms with van der Waals surface area (Å²) in [5, 5.41) is 4.72. The van der Waals surface area contributed by atoms with Crippen LogP contribution < -0.4 is 10.5 Å². The summed E-state index contributed by atoms with van der Waals surface area (Å²) in [5.41, 5.74) is 7.25. The van der Waals surface area contributed by atoms with Crippen LogP contribution in [0.5, 0.6) is 11.8 Å². The van der Waals surface area contributed by atoms with E-state index < -0.39 is 0 Å². The predicted molar refractivity (Wildman–Crippen MR) is 65.2 cm³/mol. The summed E-state index contributed by atoms with van der Waals surface area (Å²) < 4.78 is 7.25. The highest BCUT2D eigenvalue weighted by atomic mass is 35.5. The van der Waals surface area contributed by atoms with Crippen LogP contribution in [-0.4, -0.2) is 14.8 Å². The molecule has 0 fully saturated rings. The van der Waals surface area contributed by atoms with Crippen LogP contribution in [0.1, 0.15) is 11.3 Å². The Morgan fingerprint density at radius 2 is 2.24 bits per heavy atom. The molecule has 2 rings (SSSR count). The number of halogens is 1. The molecular weight excluding hydrogens is 240 g/mol. The predicted octanol–water partition coefficient (Wildman–Crippen LogP) is 2.03. The Kier molecular flexibility index (Phi) is 3.31. The van der Waals surface area contributed by atoms with Crippen LogP contribution in [0.15, 0.2) is 18.3 Å². The highest BCUT2D eigenvalue weighted by Crippen LogP contribution is 2.23. The number of rotatable bonds is 3. The molecular formula is C11H13ClN4O. The van der Waals surface area contributed by atoms with Gasteiger partial charge >= 0.3 is 0 Å². The molecule has 0 aromatic carbocycles. The molecule has 0 aliphatic carbocycles. The number of nitrogens with two attached hydrogens (primary N) is 1. The van der Waals surface area contributed by atoms with E-state index in [1.165, 1.54) is 6.20 Å². The van der Waals surface area contributed by atoms with E-state index in [4.69, 9.17) is 22.1 Å². The van der Waals surface area contributed by atoms with Gasteiger partial charge in [0.25, 0.3) is 0 Å². The first-order valence-corrected chi connectivity index (χ1v) is 5.51. The van der Waals surface area contributed by atoms with Crippen molar-refractivity contribution < 1.29 is 4.74 Å². The number of hydrogen-bond donors (Lipinski definition) is 1. The van der Waals surface area contributed by atoms with Gasteiger partial charge in [0.1, 0.15) is 0 Å². The molecule has 0 aliphatic heterocycles. The normalized spacial score (nSPS) is 10.6. The van der Waals surface area contributed by atoms with E-state index in [2.05, 4.69) is 10.1 Å². The van der Waals surface area contributed by atoms with Gasteiger partial charge in [-0.05, 0) is 12.5 Å². The van der Waals surface area contributed by atoms with E-state index in [0.717, 1.165) is 11.3 Å². The van der Waals surface area contributed by atoms with E-state index >= 15 is 0 Å². The highest BCUT2D eigenvalue weighted by molar-refractivity contribution is 6.31. The molecule has 2 aromatic heterocycles. The van der Waals surface area contributed by atoms with Gasteiger partial charge in [0.05, 0.1) is 10.7 Å². The second-order valence-corrected chi connectivity index (χ2v) is 4.07. The van der Waals surface area contributed by atoms with Crippen LogP contribution in [0.25, 0.3) is 0 Å². The molecule has 0 radical (unpaired) electrons. The summed E-state index contributed by atoms with van der Waals surface area (Å²) in [7, 11) is 1.81. The molecule has 2 N–H and O–H groups in total. The van der Waals surface area contributed by atoms with Crippen LogP contribution in [-0.2, 0) is 13.6 Å². The first-order chi connectivity index (χ1) is 8.10. The maximum atomic E-state index is 5.92. The van der Waals surface area contributed by atoms with Crippen molar-refractivity contribution in [1.29, 1.82) is 0 Å². The molecule has 0 aliphatic rings. The van der Waals surface area contributed by atoms with Crippen molar-refractivity contribution in [2.45, 2.75) is 13.5 Å². The molecule has 0 bridgehead atoms. The lowest BCUT2D eigenvalue weighted by atomic mass is 10.3. The minimum absolute atomic E-state index is 0.349. The van der Waals surface area contributed by atoms with Gasteiger partial charge in [-0.15, -0.1) is 0 Å². The molecule has 0 saturated carbocycles. The lowest BCUT2D eigenvalue weighted by molar-refractivity contribution is 0.415. The van der Waals surface area contributed by atoms with Gasteiger partial charge in [0.15, 0.2) is 0 Å². The lowest BCUT2D eigenvalue weighted by Crippen LogP contribution is -2.00. The van der Waals surface area contributed by atoms with Gasteiger partial charge in [-0.3, -0.25) is 0 Å². The van der Waals surface area contributed by atoms with Crippen molar-refractivity contribution in [3.63, 3.8) is 0 Å². The fourth-order valence-electron chi connectivity index (χ4n) is 1.46. The summed E-state index contributed by atoms with van der Waals surface area (Å²) in [6, 6.07) is 3.56. The van der Waals surface area contributed by atoms with E-state index in [-0.39, 0.29) is 0 Å². The number of pyridine rings is 1. The number of hydrogen-bond acceptors (Lipinski definition) is 4. The summed E-state index contributed by atoms with van der Waals surface area (Å²) in [6.45, 7) is 2.25. The van der Waals surface area contributed by atoms with Crippen molar-refractivity contribution in [2.75, 3.05) is 0 Å². The molecule has 2 heterocycles. The van der Waals surface area contributed by atoms with Crippen molar-refractivity contribution in [2.24, 2.45) is 12.8 Å². The Morgan fingerprint density at radius 1 is 1.47 bits per heavy atom. The molecule has 6 heteroatoms. The minimum atomic E-state index is 0.349.